The summed E-state index contributed by atoms with van der Waals surface area (Å²) < 4.78 is 5.52. The normalized spacial score (nSPS) is 14.2. The molecule has 0 spiro atoms. The van der Waals surface area contributed by atoms with Crippen LogP contribution < -0.4 is 10.1 Å². The van der Waals surface area contributed by atoms with Gasteiger partial charge < -0.3 is 10.1 Å². The summed E-state index contributed by atoms with van der Waals surface area (Å²) in [6.45, 7) is 4.57. The van der Waals surface area contributed by atoms with E-state index in [9.17, 15) is 4.79 Å². The number of carbonyl (C=O) groups is 1. The van der Waals surface area contributed by atoms with Crippen molar-refractivity contribution in [1.29, 1.82) is 0 Å². The molecule has 1 aliphatic heterocycles. The molecule has 1 amide bonds. The third kappa shape index (κ3) is 2.35. The van der Waals surface area contributed by atoms with Crippen molar-refractivity contribution in [3.05, 3.63) is 23.8 Å². The lowest BCUT2D eigenvalue weighted by atomic mass is 10.1. The predicted octanol–water partition coefficient (Wildman–Crippen LogP) is 2.61. The van der Waals surface area contributed by atoms with Crippen LogP contribution in [0.3, 0.4) is 0 Å². The van der Waals surface area contributed by atoms with Crippen molar-refractivity contribution in [1.82, 2.24) is 0 Å². The maximum Gasteiger partial charge on any atom is 0.226 e. The van der Waals surface area contributed by atoms with Crippen LogP contribution in [0.5, 0.6) is 5.75 Å². The van der Waals surface area contributed by atoms with Crippen molar-refractivity contribution >= 4 is 11.6 Å². The van der Waals surface area contributed by atoms with Crippen LogP contribution in [0.15, 0.2) is 18.2 Å². The van der Waals surface area contributed by atoms with E-state index in [1.807, 2.05) is 32.0 Å². The fourth-order valence-corrected chi connectivity index (χ4v) is 1.72. The minimum atomic E-state index is 0.00674. The Hall–Kier alpha value is -1.51. The highest BCUT2D eigenvalue weighted by molar-refractivity contribution is 5.92. The van der Waals surface area contributed by atoms with Crippen LogP contribution in [-0.2, 0) is 11.2 Å². The van der Waals surface area contributed by atoms with Crippen LogP contribution in [0.4, 0.5) is 5.69 Å². The van der Waals surface area contributed by atoms with Crippen LogP contribution in [-0.4, -0.2) is 12.5 Å². The van der Waals surface area contributed by atoms with Crippen molar-refractivity contribution < 1.29 is 9.53 Å². The predicted molar refractivity (Wildman–Crippen MR) is 63.7 cm³/mol. The number of carbonyl (C=O) groups excluding carboxylic acids is 1. The van der Waals surface area contributed by atoms with Gasteiger partial charge in [0.2, 0.25) is 5.91 Å². The summed E-state index contributed by atoms with van der Waals surface area (Å²) >= 11 is 0. The largest absolute Gasteiger partial charge is 0.493 e. The summed E-state index contributed by atoms with van der Waals surface area (Å²) in [5.41, 5.74) is 2.05. The molecule has 1 aliphatic rings. The highest BCUT2D eigenvalue weighted by atomic mass is 16.5. The third-order valence-corrected chi connectivity index (χ3v) is 2.70. The molecular formula is C13H17NO2. The molecule has 0 saturated heterocycles. The van der Waals surface area contributed by atoms with Crippen LogP contribution in [0, 0.1) is 5.92 Å². The van der Waals surface area contributed by atoms with Gasteiger partial charge in [0.1, 0.15) is 5.75 Å². The molecule has 86 valence electrons. The summed E-state index contributed by atoms with van der Waals surface area (Å²) in [4.78, 5) is 11.5. The zero-order chi connectivity index (χ0) is 11.5. The third-order valence-electron chi connectivity index (χ3n) is 2.70. The molecule has 3 heteroatoms. The number of rotatable bonds is 2. The Morgan fingerprint density at radius 1 is 1.44 bits per heavy atom. The number of benzene rings is 1. The second-order valence-corrected chi connectivity index (χ2v) is 4.42. The lowest BCUT2D eigenvalue weighted by Gasteiger charge is -2.18. The van der Waals surface area contributed by atoms with Gasteiger partial charge in [-0.05, 0) is 36.6 Å². The summed E-state index contributed by atoms with van der Waals surface area (Å²) in [5.74, 6) is 1.01. The summed E-state index contributed by atoms with van der Waals surface area (Å²) in [5, 5.41) is 2.90. The van der Waals surface area contributed by atoms with Gasteiger partial charge >= 0.3 is 0 Å². The Bertz CT molecular complexity index is 399. The minimum absolute atomic E-state index is 0.00674. The van der Waals surface area contributed by atoms with Gasteiger partial charge in [0, 0.05) is 11.6 Å². The Labute approximate surface area is 95.8 Å². The summed E-state index contributed by atoms with van der Waals surface area (Å²) in [6.07, 6.45) is 2.08. The first kappa shape index (κ1) is 11.0. The van der Waals surface area contributed by atoms with Gasteiger partial charge in [-0.2, -0.15) is 0 Å². The molecule has 0 unspecified atom stereocenters. The quantitative estimate of drug-likeness (QED) is 0.830. The Morgan fingerprint density at radius 3 is 3.00 bits per heavy atom. The lowest BCUT2D eigenvalue weighted by molar-refractivity contribution is -0.118. The molecule has 1 aromatic carbocycles. The van der Waals surface area contributed by atoms with E-state index in [0.29, 0.717) is 0 Å². The Kier molecular flexibility index (Phi) is 3.13. The van der Waals surface area contributed by atoms with Gasteiger partial charge in [-0.25, -0.2) is 0 Å². The first-order chi connectivity index (χ1) is 7.66. The molecule has 0 bridgehead atoms. The molecular weight excluding hydrogens is 202 g/mol. The molecule has 0 fully saturated rings. The second kappa shape index (κ2) is 4.56. The number of aryl methyl sites for hydroxylation is 1. The smallest absolute Gasteiger partial charge is 0.226 e. The number of ether oxygens (including phenoxy) is 1. The van der Waals surface area contributed by atoms with Gasteiger partial charge in [-0.3, -0.25) is 4.79 Å². The molecule has 0 aromatic heterocycles. The van der Waals surface area contributed by atoms with Crippen molar-refractivity contribution in [3.8, 4) is 5.75 Å². The minimum Gasteiger partial charge on any atom is -0.493 e. The van der Waals surface area contributed by atoms with Crippen LogP contribution in [0.2, 0.25) is 0 Å². The van der Waals surface area contributed by atoms with Gasteiger partial charge in [-0.1, -0.05) is 13.8 Å². The summed E-state index contributed by atoms with van der Waals surface area (Å²) in [7, 11) is 0. The average molecular weight is 219 g/mol. The molecule has 1 heterocycles. The van der Waals surface area contributed by atoms with E-state index in [1.54, 1.807) is 0 Å². The second-order valence-electron chi connectivity index (χ2n) is 4.42. The van der Waals surface area contributed by atoms with Gasteiger partial charge in [-0.15, -0.1) is 0 Å². The van der Waals surface area contributed by atoms with E-state index >= 15 is 0 Å². The van der Waals surface area contributed by atoms with Crippen molar-refractivity contribution in [2.45, 2.75) is 26.7 Å². The first-order valence-electron chi connectivity index (χ1n) is 5.73. The zero-order valence-corrected chi connectivity index (χ0v) is 9.75. The molecule has 0 saturated carbocycles. The van der Waals surface area contributed by atoms with E-state index in [-0.39, 0.29) is 11.8 Å². The van der Waals surface area contributed by atoms with Crippen LogP contribution >= 0.6 is 0 Å². The van der Waals surface area contributed by atoms with E-state index < -0.39 is 0 Å². The first-order valence-corrected chi connectivity index (χ1v) is 5.73. The number of hydrogen-bond donors (Lipinski definition) is 1. The number of anilines is 1. The maximum atomic E-state index is 11.5. The SMILES string of the molecule is CC(C)C(=O)Nc1ccc2c(c1)CCCO2. The zero-order valence-electron chi connectivity index (χ0n) is 9.75. The molecule has 3 nitrogen and oxygen atoms in total. The number of amides is 1. The van der Waals surface area contributed by atoms with Gasteiger partial charge in [0.15, 0.2) is 0 Å². The summed E-state index contributed by atoms with van der Waals surface area (Å²) in [6, 6.07) is 5.84. The molecule has 16 heavy (non-hydrogen) atoms. The topological polar surface area (TPSA) is 38.3 Å². The van der Waals surface area contributed by atoms with Crippen molar-refractivity contribution in [2.24, 2.45) is 5.92 Å². The van der Waals surface area contributed by atoms with E-state index in [0.717, 1.165) is 30.9 Å². The van der Waals surface area contributed by atoms with E-state index in [1.165, 1.54) is 5.56 Å². The van der Waals surface area contributed by atoms with Crippen LogP contribution in [0.25, 0.3) is 0 Å². The monoisotopic (exact) mass is 219 g/mol. The molecule has 1 N–H and O–H groups in total. The Balaban J connectivity index is 2.14. The van der Waals surface area contributed by atoms with Crippen LogP contribution in [0.1, 0.15) is 25.8 Å². The molecule has 0 radical (unpaired) electrons. The number of fused-ring (bicyclic) bond motifs is 1. The molecule has 1 aromatic rings. The standard InChI is InChI=1S/C13H17NO2/c1-9(2)13(15)14-11-5-6-12-10(8-11)4-3-7-16-12/h5-6,8-9H,3-4,7H2,1-2H3,(H,14,15). The van der Waals surface area contributed by atoms with Gasteiger partial charge in [0.25, 0.3) is 0 Å². The van der Waals surface area contributed by atoms with Gasteiger partial charge in [0.05, 0.1) is 6.61 Å². The lowest BCUT2D eigenvalue weighted by Crippen LogP contribution is -2.18. The fourth-order valence-electron chi connectivity index (χ4n) is 1.72. The molecule has 0 atom stereocenters. The van der Waals surface area contributed by atoms with E-state index in [2.05, 4.69) is 5.32 Å². The molecule has 2 rings (SSSR count). The van der Waals surface area contributed by atoms with Crippen molar-refractivity contribution in [3.63, 3.8) is 0 Å². The average Bonchev–Trinajstić information content (AvgIpc) is 2.28. The highest BCUT2D eigenvalue weighted by Gasteiger charge is 2.12. The number of hydrogen-bond acceptors (Lipinski definition) is 2. The molecule has 0 aliphatic carbocycles. The maximum absolute atomic E-state index is 11.5. The number of nitrogens with one attached hydrogen (secondary N) is 1. The fraction of sp³-hybridized carbons (Fsp3) is 0.462. The van der Waals surface area contributed by atoms with Crippen molar-refractivity contribution in [2.75, 3.05) is 11.9 Å². The van der Waals surface area contributed by atoms with E-state index in [4.69, 9.17) is 4.74 Å². The Morgan fingerprint density at radius 2 is 2.25 bits per heavy atom. The highest BCUT2D eigenvalue weighted by Crippen LogP contribution is 2.27.